The van der Waals surface area contributed by atoms with Crippen LogP contribution in [0.5, 0.6) is 0 Å². The fourth-order valence-electron chi connectivity index (χ4n) is 2.56. The number of benzene rings is 1. The van der Waals surface area contributed by atoms with Crippen LogP contribution in [0, 0.1) is 0 Å². The maximum atomic E-state index is 12.3. The lowest BCUT2D eigenvalue weighted by molar-refractivity contribution is -0.121. The van der Waals surface area contributed by atoms with Crippen molar-refractivity contribution in [2.75, 3.05) is 0 Å². The average molecular weight is 311 g/mol. The Kier molecular flexibility index (Phi) is 3.97. The second-order valence-corrected chi connectivity index (χ2v) is 5.40. The van der Waals surface area contributed by atoms with Gasteiger partial charge in [0.05, 0.1) is 29.8 Å². The number of aromatic nitrogens is 2. The summed E-state index contributed by atoms with van der Waals surface area (Å²) >= 11 is 0. The van der Waals surface area contributed by atoms with E-state index in [-0.39, 0.29) is 23.9 Å². The van der Waals surface area contributed by atoms with Crippen LogP contribution in [0.4, 0.5) is 0 Å². The fourth-order valence-corrected chi connectivity index (χ4v) is 2.56. The molecule has 1 atom stereocenters. The highest BCUT2D eigenvalue weighted by Gasteiger charge is 2.15. The first-order chi connectivity index (χ1) is 11.1. The third-order valence-corrected chi connectivity index (χ3v) is 3.71. The quantitative estimate of drug-likeness (QED) is 0.799. The molecule has 6 heteroatoms. The van der Waals surface area contributed by atoms with Crippen molar-refractivity contribution < 1.29 is 9.21 Å². The van der Waals surface area contributed by atoms with Crippen molar-refractivity contribution in [3.05, 3.63) is 64.5 Å². The zero-order chi connectivity index (χ0) is 16.4. The van der Waals surface area contributed by atoms with Crippen molar-refractivity contribution >= 4 is 16.7 Å². The van der Waals surface area contributed by atoms with Gasteiger partial charge in [0.15, 0.2) is 0 Å². The van der Waals surface area contributed by atoms with Crippen LogP contribution in [0.25, 0.3) is 10.8 Å². The third kappa shape index (κ3) is 3.01. The lowest BCUT2D eigenvalue weighted by Gasteiger charge is -2.12. The number of rotatable bonds is 4. The molecule has 3 rings (SSSR count). The van der Waals surface area contributed by atoms with E-state index in [0.29, 0.717) is 22.2 Å². The Labute approximate surface area is 132 Å². The number of fused-ring (bicyclic) bond motifs is 1. The van der Waals surface area contributed by atoms with Crippen LogP contribution < -0.4 is 10.9 Å². The van der Waals surface area contributed by atoms with E-state index in [1.54, 1.807) is 31.5 Å². The molecule has 118 valence electrons. The first kappa shape index (κ1) is 15.0. The minimum Gasteiger partial charge on any atom is -0.467 e. The lowest BCUT2D eigenvalue weighted by Crippen LogP contribution is -2.29. The number of nitrogens with zero attached hydrogens (tertiary/aromatic N) is 2. The molecule has 1 amide bonds. The zero-order valence-electron chi connectivity index (χ0n) is 12.9. The van der Waals surface area contributed by atoms with Crippen LogP contribution in [0.1, 0.15) is 24.4 Å². The van der Waals surface area contributed by atoms with E-state index in [1.807, 2.05) is 25.1 Å². The molecule has 2 aromatic heterocycles. The maximum absolute atomic E-state index is 12.3. The van der Waals surface area contributed by atoms with Crippen molar-refractivity contribution in [1.29, 1.82) is 0 Å². The monoisotopic (exact) mass is 311 g/mol. The molecule has 0 aliphatic heterocycles. The number of furan rings is 1. The molecule has 1 N–H and O–H groups in total. The molecule has 0 radical (unpaired) electrons. The molecule has 3 aromatic rings. The molecule has 0 aliphatic carbocycles. The number of nitrogens with one attached hydrogen (secondary N) is 1. The number of hydrogen-bond donors (Lipinski definition) is 1. The molecular formula is C17H17N3O3. The summed E-state index contributed by atoms with van der Waals surface area (Å²) < 4.78 is 6.54. The van der Waals surface area contributed by atoms with E-state index in [2.05, 4.69) is 10.4 Å². The highest BCUT2D eigenvalue weighted by Crippen LogP contribution is 2.15. The number of amides is 1. The van der Waals surface area contributed by atoms with Gasteiger partial charge in [0.25, 0.3) is 5.56 Å². The minimum absolute atomic E-state index is 0.0969. The van der Waals surface area contributed by atoms with Gasteiger partial charge in [-0.15, -0.1) is 0 Å². The Morgan fingerprint density at radius 2 is 2.00 bits per heavy atom. The van der Waals surface area contributed by atoms with Crippen LogP contribution in [0.2, 0.25) is 0 Å². The summed E-state index contributed by atoms with van der Waals surface area (Å²) in [4.78, 5) is 24.4. The predicted octanol–water partition coefficient (Wildman–Crippen LogP) is 1.95. The molecule has 2 heterocycles. The molecule has 0 unspecified atom stereocenters. The van der Waals surface area contributed by atoms with Crippen molar-refractivity contribution in [2.24, 2.45) is 7.05 Å². The van der Waals surface area contributed by atoms with E-state index in [0.717, 1.165) is 0 Å². The summed E-state index contributed by atoms with van der Waals surface area (Å²) in [6.45, 7) is 1.85. The van der Waals surface area contributed by atoms with E-state index in [4.69, 9.17) is 4.42 Å². The zero-order valence-corrected chi connectivity index (χ0v) is 12.9. The molecule has 0 spiro atoms. The normalized spacial score (nSPS) is 12.3. The number of carbonyl (C=O) groups excluding carboxylic acids is 1. The van der Waals surface area contributed by atoms with E-state index in [9.17, 15) is 9.59 Å². The summed E-state index contributed by atoms with van der Waals surface area (Å²) in [7, 11) is 1.58. The molecule has 0 saturated carbocycles. The SMILES string of the molecule is C[C@@H](NC(=O)Cc1nn(C)c(=O)c2ccccc12)c1ccco1. The summed E-state index contributed by atoms with van der Waals surface area (Å²) in [6.07, 6.45) is 1.67. The predicted molar refractivity (Wildman–Crippen MR) is 86.0 cm³/mol. The van der Waals surface area contributed by atoms with Gasteiger partial charge >= 0.3 is 0 Å². The Morgan fingerprint density at radius 1 is 1.26 bits per heavy atom. The first-order valence-electron chi connectivity index (χ1n) is 7.34. The Bertz CT molecular complexity index is 897. The van der Waals surface area contributed by atoms with Gasteiger partial charge in [-0.25, -0.2) is 4.68 Å². The molecule has 0 fully saturated rings. The lowest BCUT2D eigenvalue weighted by atomic mass is 10.1. The van der Waals surface area contributed by atoms with Crippen molar-refractivity contribution in [2.45, 2.75) is 19.4 Å². The number of carbonyl (C=O) groups is 1. The van der Waals surface area contributed by atoms with Crippen molar-refractivity contribution in [1.82, 2.24) is 15.1 Å². The molecule has 1 aromatic carbocycles. The Morgan fingerprint density at radius 3 is 2.70 bits per heavy atom. The summed E-state index contributed by atoms with van der Waals surface area (Å²) in [5.41, 5.74) is 0.403. The van der Waals surface area contributed by atoms with Gasteiger partial charge < -0.3 is 9.73 Å². The second-order valence-electron chi connectivity index (χ2n) is 5.40. The van der Waals surface area contributed by atoms with E-state index >= 15 is 0 Å². The molecule has 6 nitrogen and oxygen atoms in total. The number of aryl methyl sites for hydroxylation is 1. The highest BCUT2D eigenvalue weighted by atomic mass is 16.3. The van der Waals surface area contributed by atoms with Crippen LogP contribution in [-0.4, -0.2) is 15.7 Å². The maximum Gasteiger partial charge on any atom is 0.274 e. The molecule has 0 saturated heterocycles. The minimum atomic E-state index is -0.226. The van der Waals surface area contributed by atoms with Gasteiger partial charge in [0, 0.05) is 12.4 Å². The van der Waals surface area contributed by atoms with Crippen molar-refractivity contribution in [3.8, 4) is 0 Å². The van der Waals surface area contributed by atoms with Gasteiger partial charge in [-0.05, 0) is 25.1 Å². The van der Waals surface area contributed by atoms with Crippen molar-refractivity contribution in [3.63, 3.8) is 0 Å². The van der Waals surface area contributed by atoms with E-state index in [1.165, 1.54) is 4.68 Å². The molecule has 0 bridgehead atoms. The van der Waals surface area contributed by atoms with Crippen LogP contribution in [0.15, 0.2) is 51.9 Å². The summed E-state index contributed by atoms with van der Waals surface area (Å²) in [6, 6.07) is 10.5. The largest absolute Gasteiger partial charge is 0.467 e. The van der Waals surface area contributed by atoms with Gasteiger partial charge in [-0.3, -0.25) is 9.59 Å². The second kappa shape index (κ2) is 6.08. The number of hydrogen-bond acceptors (Lipinski definition) is 4. The first-order valence-corrected chi connectivity index (χ1v) is 7.34. The fraction of sp³-hybridized carbons (Fsp3) is 0.235. The average Bonchev–Trinajstić information content (AvgIpc) is 3.07. The standard InChI is InChI=1S/C17H17N3O3/c1-11(15-8-5-9-23-15)18-16(21)10-14-12-6-3-4-7-13(12)17(22)20(2)19-14/h3-9,11H,10H2,1-2H3,(H,18,21)/t11-/m1/s1. The Balaban J connectivity index is 1.85. The van der Waals surface area contributed by atoms with Gasteiger partial charge in [-0.2, -0.15) is 5.10 Å². The van der Waals surface area contributed by atoms with Crippen LogP contribution >= 0.6 is 0 Å². The smallest absolute Gasteiger partial charge is 0.274 e. The Hall–Kier alpha value is -2.89. The van der Waals surface area contributed by atoms with Gasteiger partial charge in [0.1, 0.15) is 5.76 Å². The third-order valence-electron chi connectivity index (χ3n) is 3.71. The van der Waals surface area contributed by atoms with Gasteiger partial charge in [0.2, 0.25) is 5.91 Å². The summed E-state index contributed by atoms with van der Waals surface area (Å²) in [5, 5.41) is 8.37. The van der Waals surface area contributed by atoms with Crippen LogP contribution in [-0.2, 0) is 18.3 Å². The summed E-state index contributed by atoms with van der Waals surface area (Å²) in [5.74, 6) is 0.516. The van der Waals surface area contributed by atoms with Crippen LogP contribution in [0.3, 0.4) is 0 Å². The van der Waals surface area contributed by atoms with E-state index < -0.39 is 0 Å². The topological polar surface area (TPSA) is 77.1 Å². The molecule has 0 aliphatic rings. The molecule has 23 heavy (non-hydrogen) atoms. The highest BCUT2D eigenvalue weighted by molar-refractivity contribution is 5.88. The van der Waals surface area contributed by atoms with Gasteiger partial charge in [-0.1, -0.05) is 18.2 Å². The molecular weight excluding hydrogens is 294 g/mol.